The molecule has 0 spiro atoms. The first-order valence-corrected chi connectivity index (χ1v) is 6.74. The van der Waals surface area contributed by atoms with Crippen molar-refractivity contribution in [3.8, 4) is 0 Å². The van der Waals surface area contributed by atoms with Crippen molar-refractivity contribution in [2.75, 3.05) is 6.54 Å². The first-order chi connectivity index (χ1) is 9.65. The molecule has 0 N–H and O–H groups in total. The molecule has 0 fully saturated rings. The summed E-state index contributed by atoms with van der Waals surface area (Å²) >= 11 is 6.08. The molecule has 0 amide bonds. The van der Waals surface area contributed by atoms with Gasteiger partial charge in [-0.05, 0) is 37.3 Å². The minimum absolute atomic E-state index is 0.260. The van der Waals surface area contributed by atoms with Gasteiger partial charge in [-0.3, -0.25) is 4.99 Å². The Labute approximate surface area is 122 Å². The van der Waals surface area contributed by atoms with Crippen LogP contribution in [0.3, 0.4) is 0 Å². The summed E-state index contributed by atoms with van der Waals surface area (Å²) in [7, 11) is 0. The zero-order chi connectivity index (χ0) is 14.1. The number of halogens is 1. The third-order valence-corrected chi connectivity index (χ3v) is 3.43. The first kappa shape index (κ1) is 12.9. The van der Waals surface area contributed by atoms with Gasteiger partial charge in [0.1, 0.15) is 0 Å². The molecule has 0 unspecified atom stereocenters. The van der Waals surface area contributed by atoms with Crippen LogP contribution in [0.4, 0.5) is 5.69 Å². The van der Waals surface area contributed by atoms with E-state index in [2.05, 4.69) is 4.99 Å². The van der Waals surface area contributed by atoms with Crippen LogP contribution in [0.15, 0.2) is 53.5 Å². The standard InChI is InChI=1S/C16H13ClN2O/c1-11-10-19(20)16(12-5-3-2-4-6-12)14-9-13(17)7-8-15(14)18-11/h2-9H,10H2,1H3. The van der Waals surface area contributed by atoms with Gasteiger partial charge in [0, 0.05) is 10.6 Å². The molecule has 4 heteroatoms. The van der Waals surface area contributed by atoms with Crippen molar-refractivity contribution < 1.29 is 4.74 Å². The maximum absolute atomic E-state index is 12.5. The maximum Gasteiger partial charge on any atom is 0.228 e. The van der Waals surface area contributed by atoms with Crippen LogP contribution in [0.1, 0.15) is 18.1 Å². The topological polar surface area (TPSA) is 38.4 Å². The maximum atomic E-state index is 12.5. The van der Waals surface area contributed by atoms with Gasteiger partial charge >= 0.3 is 0 Å². The quantitative estimate of drug-likeness (QED) is 0.580. The largest absolute Gasteiger partial charge is 0.623 e. The lowest BCUT2D eigenvalue weighted by atomic mass is 10.0. The highest BCUT2D eigenvalue weighted by Gasteiger charge is 2.23. The third kappa shape index (κ3) is 2.32. The summed E-state index contributed by atoms with van der Waals surface area (Å²) in [6.07, 6.45) is 0. The summed E-state index contributed by atoms with van der Waals surface area (Å²) in [5, 5.41) is 13.1. The molecular weight excluding hydrogens is 272 g/mol. The molecule has 0 aromatic heterocycles. The van der Waals surface area contributed by atoms with Crippen LogP contribution in [-0.2, 0) is 0 Å². The van der Waals surface area contributed by atoms with Crippen LogP contribution in [0.5, 0.6) is 0 Å². The fourth-order valence-corrected chi connectivity index (χ4v) is 2.53. The Balaban J connectivity index is 2.29. The van der Waals surface area contributed by atoms with Crippen molar-refractivity contribution in [3.05, 3.63) is 69.9 Å². The van der Waals surface area contributed by atoms with E-state index >= 15 is 0 Å². The van der Waals surface area contributed by atoms with Crippen LogP contribution in [0.2, 0.25) is 5.02 Å². The van der Waals surface area contributed by atoms with Crippen LogP contribution >= 0.6 is 11.6 Å². The minimum atomic E-state index is 0.260. The zero-order valence-electron chi connectivity index (χ0n) is 11.0. The summed E-state index contributed by atoms with van der Waals surface area (Å²) in [6.45, 7) is 2.12. The average Bonchev–Trinajstić information content (AvgIpc) is 2.54. The van der Waals surface area contributed by atoms with E-state index in [4.69, 9.17) is 11.6 Å². The number of nitrogens with zero attached hydrogens (tertiary/aromatic N) is 2. The predicted octanol–water partition coefficient (Wildman–Crippen LogP) is 3.79. The van der Waals surface area contributed by atoms with E-state index in [-0.39, 0.29) is 6.54 Å². The Morgan fingerprint density at radius 1 is 1.15 bits per heavy atom. The molecule has 3 nitrogen and oxygen atoms in total. The van der Waals surface area contributed by atoms with E-state index in [1.54, 1.807) is 12.1 Å². The van der Waals surface area contributed by atoms with Gasteiger partial charge in [0.2, 0.25) is 5.71 Å². The Morgan fingerprint density at radius 2 is 1.90 bits per heavy atom. The third-order valence-electron chi connectivity index (χ3n) is 3.19. The molecule has 0 bridgehead atoms. The molecule has 1 heterocycles. The predicted molar refractivity (Wildman–Crippen MR) is 82.4 cm³/mol. The van der Waals surface area contributed by atoms with Gasteiger partial charge in [-0.1, -0.05) is 29.8 Å². The molecule has 2 aromatic carbocycles. The molecule has 0 saturated heterocycles. The van der Waals surface area contributed by atoms with Crippen molar-refractivity contribution in [2.24, 2.45) is 4.99 Å². The highest BCUT2D eigenvalue weighted by Crippen LogP contribution is 2.28. The van der Waals surface area contributed by atoms with Gasteiger partial charge in [0.15, 0.2) is 6.54 Å². The molecule has 0 saturated carbocycles. The molecule has 1 aliphatic rings. The summed E-state index contributed by atoms with van der Waals surface area (Å²) in [4.78, 5) is 4.50. The molecule has 0 radical (unpaired) electrons. The van der Waals surface area contributed by atoms with Crippen molar-refractivity contribution in [3.63, 3.8) is 0 Å². The smallest absolute Gasteiger partial charge is 0.228 e. The lowest BCUT2D eigenvalue weighted by Crippen LogP contribution is -2.21. The Hall–Kier alpha value is -2.13. The van der Waals surface area contributed by atoms with E-state index < -0.39 is 0 Å². The molecule has 0 aliphatic carbocycles. The SMILES string of the molecule is CC1=Nc2ccc(Cl)cc2C(c2ccccc2)=[N+]([O-])C1. The second-order valence-corrected chi connectivity index (χ2v) is 5.20. The summed E-state index contributed by atoms with van der Waals surface area (Å²) in [6, 6.07) is 15.0. The fraction of sp³-hybridized carbons (Fsp3) is 0.125. The van der Waals surface area contributed by atoms with E-state index in [1.807, 2.05) is 43.3 Å². The lowest BCUT2D eigenvalue weighted by molar-refractivity contribution is -0.439. The number of hydroxylamine groups is 1. The fourth-order valence-electron chi connectivity index (χ4n) is 2.35. The molecule has 20 heavy (non-hydrogen) atoms. The van der Waals surface area contributed by atoms with Crippen molar-refractivity contribution in [1.82, 2.24) is 0 Å². The van der Waals surface area contributed by atoms with Gasteiger partial charge < -0.3 is 5.21 Å². The van der Waals surface area contributed by atoms with Crippen LogP contribution in [0.25, 0.3) is 0 Å². The van der Waals surface area contributed by atoms with Gasteiger partial charge in [0.05, 0.1) is 17.0 Å². The first-order valence-electron chi connectivity index (χ1n) is 6.36. The number of aliphatic imine (C=N–C) groups is 1. The van der Waals surface area contributed by atoms with Crippen LogP contribution < -0.4 is 0 Å². The highest BCUT2D eigenvalue weighted by atomic mass is 35.5. The summed E-state index contributed by atoms with van der Waals surface area (Å²) in [5.41, 5.74) is 3.83. The van der Waals surface area contributed by atoms with E-state index in [0.29, 0.717) is 10.7 Å². The second-order valence-electron chi connectivity index (χ2n) is 4.76. The Kier molecular flexibility index (Phi) is 3.28. The molecule has 3 rings (SSSR count). The highest BCUT2D eigenvalue weighted by molar-refractivity contribution is 6.31. The van der Waals surface area contributed by atoms with Gasteiger partial charge in [-0.2, -0.15) is 4.74 Å². The number of hydrogen-bond acceptors (Lipinski definition) is 2. The Morgan fingerprint density at radius 3 is 2.65 bits per heavy atom. The molecule has 100 valence electrons. The van der Waals surface area contributed by atoms with Crippen molar-refractivity contribution in [2.45, 2.75) is 6.92 Å². The molecule has 1 aliphatic heterocycles. The second kappa shape index (κ2) is 5.10. The average molecular weight is 285 g/mol. The molecular formula is C16H13ClN2O. The molecule has 0 atom stereocenters. The van der Waals surface area contributed by atoms with Crippen molar-refractivity contribution >= 4 is 28.7 Å². The Bertz CT molecular complexity index is 721. The lowest BCUT2D eigenvalue weighted by Gasteiger charge is -2.10. The van der Waals surface area contributed by atoms with Gasteiger partial charge in [-0.15, -0.1) is 0 Å². The number of hydrogen-bond donors (Lipinski definition) is 0. The summed E-state index contributed by atoms with van der Waals surface area (Å²) < 4.78 is 0.982. The number of fused-ring (bicyclic) bond motifs is 1. The van der Waals surface area contributed by atoms with Crippen molar-refractivity contribution in [1.29, 1.82) is 0 Å². The number of benzene rings is 2. The van der Waals surface area contributed by atoms with Crippen LogP contribution in [0, 0.1) is 5.21 Å². The van der Waals surface area contributed by atoms with Crippen LogP contribution in [-0.4, -0.2) is 22.7 Å². The number of rotatable bonds is 1. The minimum Gasteiger partial charge on any atom is -0.623 e. The van der Waals surface area contributed by atoms with Gasteiger partial charge in [0.25, 0.3) is 0 Å². The van der Waals surface area contributed by atoms with E-state index in [0.717, 1.165) is 27.3 Å². The molecule has 2 aromatic rings. The monoisotopic (exact) mass is 284 g/mol. The van der Waals surface area contributed by atoms with E-state index in [1.165, 1.54) is 0 Å². The van der Waals surface area contributed by atoms with E-state index in [9.17, 15) is 5.21 Å². The normalized spacial score (nSPS) is 14.6. The zero-order valence-corrected chi connectivity index (χ0v) is 11.8. The van der Waals surface area contributed by atoms with Gasteiger partial charge in [-0.25, -0.2) is 0 Å². The summed E-state index contributed by atoms with van der Waals surface area (Å²) in [5.74, 6) is 0.